The average molecular weight is 289 g/mol. The van der Waals surface area contributed by atoms with Crippen molar-refractivity contribution in [1.29, 1.82) is 0 Å². The summed E-state index contributed by atoms with van der Waals surface area (Å²) in [5.41, 5.74) is 2.55. The summed E-state index contributed by atoms with van der Waals surface area (Å²) in [7, 11) is 0. The van der Waals surface area contributed by atoms with Gasteiger partial charge in [-0.2, -0.15) is 0 Å². The van der Waals surface area contributed by atoms with Gasteiger partial charge in [-0.3, -0.25) is 4.79 Å². The van der Waals surface area contributed by atoms with Crippen LogP contribution in [0.3, 0.4) is 0 Å². The summed E-state index contributed by atoms with van der Waals surface area (Å²) in [5.74, 6) is 1.29. The molecule has 1 heterocycles. The molecule has 114 valence electrons. The summed E-state index contributed by atoms with van der Waals surface area (Å²) < 4.78 is 13.5. The summed E-state index contributed by atoms with van der Waals surface area (Å²) in [6.45, 7) is 3.81. The van der Waals surface area contributed by atoms with Crippen molar-refractivity contribution < 1.29 is 9.18 Å². The van der Waals surface area contributed by atoms with Crippen molar-refractivity contribution in [3.05, 3.63) is 35.1 Å². The SMILES string of the molecule is CCCC(=O)N1CCC(C2CCc3ccc(F)cc32)CC1. The van der Waals surface area contributed by atoms with Crippen molar-refractivity contribution in [1.82, 2.24) is 4.90 Å². The number of hydrogen-bond donors (Lipinski definition) is 0. The first kappa shape index (κ1) is 14.6. The minimum absolute atomic E-state index is 0.115. The minimum atomic E-state index is -0.115. The molecule has 1 fully saturated rings. The lowest BCUT2D eigenvalue weighted by molar-refractivity contribution is -0.132. The largest absolute Gasteiger partial charge is 0.343 e. The molecule has 1 saturated heterocycles. The van der Waals surface area contributed by atoms with Gasteiger partial charge in [-0.25, -0.2) is 4.39 Å². The van der Waals surface area contributed by atoms with E-state index >= 15 is 0 Å². The van der Waals surface area contributed by atoms with E-state index in [1.807, 2.05) is 11.0 Å². The molecule has 0 saturated carbocycles. The molecule has 1 atom stereocenters. The topological polar surface area (TPSA) is 20.3 Å². The van der Waals surface area contributed by atoms with Crippen molar-refractivity contribution in [2.45, 2.75) is 51.4 Å². The molecule has 3 heteroatoms. The van der Waals surface area contributed by atoms with Crippen LogP contribution in [-0.2, 0) is 11.2 Å². The predicted octanol–water partition coefficient (Wildman–Crippen LogP) is 3.89. The van der Waals surface area contributed by atoms with E-state index in [1.165, 1.54) is 11.1 Å². The highest BCUT2D eigenvalue weighted by Gasteiger charge is 2.33. The van der Waals surface area contributed by atoms with Crippen molar-refractivity contribution in [2.75, 3.05) is 13.1 Å². The zero-order valence-electron chi connectivity index (χ0n) is 12.8. The summed E-state index contributed by atoms with van der Waals surface area (Å²) in [6.07, 6.45) is 5.95. The molecular weight excluding hydrogens is 265 g/mol. The van der Waals surface area contributed by atoms with Gasteiger partial charge in [0.05, 0.1) is 0 Å². The number of halogens is 1. The second-order valence-corrected chi connectivity index (χ2v) is 6.46. The summed E-state index contributed by atoms with van der Waals surface area (Å²) in [5, 5.41) is 0. The number of carbonyl (C=O) groups excluding carboxylic acids is 1. The Bertz CT molecular complexity index is 520. The van der Waals surface area contributed by atoms with E-state index in [4.69, 9.17) is 0 Å². The molecule has 0 N–H and O–H groups in total. The second-order valence-electron chi connectivity index (χ2n) is 6.46. The van der Waals surface area contributed by atoms with Gasteiger partial charge in [0.2, 0.25) is 5.91 Å². The number of aryl methyl sites for hydroxylation is 1. The van der Waals surface area contributed by atoms with Crippen LogP contribution in [0.5, 0.6) is 0 Å². The standard InChI is InChI=1S/C18H24FNO/c1-2-3-18(21)20-10-8-14(9-11-20)16-7-5-13-4-6-15(19)12-17(13)16/h4,6,12,14,16H,2-3,5,7-11H2,1H3. The first-order valence-electron chi connectivity index (χ1n) is 8.25. The first-order valence-corrected chi connectivity index (χ1v) is 8.25. The van der Waals surface area contributed by atoms with Crippen LogP contribution in [0.1, 0.15) is 56.1 Å². The van der Waals surface area contributed by atoms with Crippen LogP contribution in [0.2, 0.25) is 0 Å². The number of piperidine rings is 1. The van der Waals surface area contributed by atoms with E-state index in [0.717, 1.165) is 45.2 Å². The molecule has 0 bridgehead atoms. The Morgan fingerprint density at radius 3 is 2.76 bits per heavy atom. The maximum Gasteiger partial charge on any atom is 0.222 e. The third-order valence-electron chi connectivity index (χ3n) is 5.16. The van der Waals surface area contributed by atoms with Gasteiger partial charge in [0.15, 0.2) is 0 Å². The molecule has 21 heavy (non-hydrogen) atoms. The van der Waals surface area contributed by atoms with Crippen molar-refractivity contribution in [3.63, 3.8) is 0 Å². The summed E-state index contributed by atoms with van der Waals surface area (Å²) in [6, 6.07) is 5.26. The number of rotatable bonds is 3. The smallest absolute Gasteiger partial charge is 0.222 e. The highest BCUT2D eigenvalue weighted by atomic mass is 19.1. The van der Waals surface area contributed by atoms with Crippen LogP contribution >= 0.6 is 0 Å². The number of hydrogen-bond acceptors (Lipinski definition) is 1. The third-order valence-corrected chi connectivity index (χ3v) is 5.16. The van der Waals surface area contributed by atoms with E-state index in [2.05, 4.69) is 6.92 Å². The number of carbonyl (C=O) groups is 1. The van der Waals surface area contributed by atoms with Gasteiger partial charge < -0.3 is 4.90 Å². The van der Waals surface area contributed by atoms with Crippen LogP contribution in [0, 0.1) is 11.7 Å². The van der Waals surface area contributed by atoms with E-state index in [9.17, 15) is 9.18 Å². The molecule has 1 aliphatic heterocycles. The lowest BCUT2D eigenvalue weighted by Crippen LogP contribution is -2.39. The molecule has 1 amide bonds. The lowest BCUT2D eigenvalue weighted by atomic mass is 9.81. The maximum atomic E-state index is 13.5. The number of likely N-dealkylation sites (tertiary alicyclic amines) is 1. The normalized spacial score (nSPS) is 22.4. The zero-order chi connectivity index (χ0) is 14.8. The minimum Gasteiger partial charge on any atom is -0.343 e. The molecule has 0 radical (unpaired) electrons. The monoisotopic (exact) mass is 289 g/mol. The van der Waals surface area contributed by atoms with Gasteiger partial charge in [0.25, 0.3) is 0 Å². The highest BCUT2D eigenvalue weighted by Crippen LogP contribution is 2.42. The van der Waals surface area contributed by atoms with Gasteiger partial charge in [-0.05, 0) is 67.2 Å². The number of fused-ring (bicyclic) bond motifs is 1. The first-order chi connectivity index (χ1) is 10.2. The molecule has 2 aliphatic rings. The Morgan fingerprint density at radius 1 is 1.29 bits per heavy atom. The Morgan fingerprint density at radius 2 is 2.05 bits per heavy atom. The Balaban J connectivity index is 1.64. The Hall–Kier alpha value is -1.38. The van der Waals surface area contributed by atoms with Crippen LogP contribution in [-0.4, -0.2) is 23.9 Å². The fourth-order valence-electron chi connectivity index (χ4n) is 4.02. The molecule has 2 nitrogen and oxygen atoms in total. The van der Waals surface area contributed by atoms with Crippen molar-refractivity contribution in [3.8, 4) is 0 Å². The quantitative estimate of drug-likeness (QED) is 0.826. The molecule has 0 aromatic heterocycles. The van der Waals surface area contributed by atoms with Crippen LogP contribution < -0.4 is 0 Å². The predicted molar refractivity (Wildman–Crippen MR) is 81.7 cm³/mol. The van der Waals surface area contributed by atoms with Crippen molar-refractivity contribution >= 4 is 5.91 Å². The Kier molecular flexibility index (Phi) is 4.27. The Labute approximate surface area is 126 Å². The molecule has 1 unspecified atom stereocenters. The summed E-state index contributed by atoms with van der Waals surface area (Å²) in [4.78, 5) is 14.0. The van der Waals surface area contributed by atoms with E-state index in [0.29, 0.717) is 24.2 Å². The molecule has 1 aromatic rings. The van der Waals surface area contributed by atoms with Gasteiger partial charge in [0.1, 0.15) is 5.82 Å². The molecule has 3 rings (SSSR count). The number of amides is 1. The van der Waals surface area contributed by atoms with E-state index < -0.39 is 0 Å². The second kappa shape index (κ2) is 6.17. The van der Waals surface area contributed by atoms with Gasteiger partial charge in [-0.1, -0.05) is 13.0 Å². The van der Waals surface area contributed by atoms with E-state index in [-0.39, 0.29) is 5.82 Å². The number of benzene rings is 1. The lowest BCUT2D eigenvalue weighted by Gasteiger charge is -2.35. The summed E-state index contributed by atoms with van der Waals surface area (Å²) >= 11 is 0. The van der Waals surface area contributed by atoms with Crippen LogP contribution in [0.25, 0.3) is 0 Å². The van der Waals surface area contributed by atoms with E-state index in [1.54, 1.807) is 12.1 Å². The zero-order valence-corrected chi connectivity index (χ0v) is 12.8. The molecule has 1 aliphatic carbocycles. The van der Waals surface area contributed by atoms with Gasteiger partial charge in [-0.15, -0.1) is 0 Å². The third kappa shape index (κ3) is 2.97. The van der Waals surface area contributed by atoms with Crippen molar-refractivity contribution in [2.24, 2.45) is 5.92 Å². The maximum absolute atomic E-state index is 13.5. The molecular formula is C18H24FNO. The molecule has 1 aromatic carbocycles. The number of nitrogens with zero attached hydrogens (tertiary/aromatic N) is 1. The highest BCUT2D eigenvalue weighted by molar-refractivity contribution is 5.76. The fraction of sp³-hybridized carbons (Fsp3) is 0.611. The van der Waals surface area contributed by atoms with Crippen LogP contribution in [0.4, 0.5) is 4.39 Å². The van der Waals surface area contributed by atoms with Gasteiger partial charge in [0, 0.05) is 19.5 Å². The fourth-order valence-corrected chi connectivity index (χ4v) is 4.02. The molecule has 0 spiro atoms. The van der Waals surface area contributed by atoms with Crippen LogP contribution in [0.15, 0.2) is 18.2 Å². The van der Waals surface area contributed by atoms with Gasteiger partial charge >= 0.3 is 0 Å². The average Bonchev–Trinajstić information content (AvgIpc) is 2.90.